The van der Waals surface area contributed by atoms with E-state index in [9.17, 15) is 4.79 Å². The second-order valence-electron chi connectivity index (χ2n) is 4.77. The predicted molar refractivity (Wildman–Crippen MR) is 84.0 cm³/mol. The molecule has 20 heavy (non-hydrogen) atoms. The molecule has 0 aromatic carbocycles. The Balaban J connectivity index is 2.16. The number of nitrogens with two attached hydrogens (primary N) is 1. The first-order chi connectivity index (χ1) is 9.65. The molecule has 2 aromatic heterocycles. The van der Waals surface area contributed by atoms with Crippen LogP contribution in [0.3, 0.4) is 0 Å². The number of carbonyl (C=O) groups excluding carboxylic acids is 1. The van der Waals surface area contributed by atoms with Crippen molar-refractivity contribution in [3.8, 4) is 0 Å². The van der Waals surface area contributed by atoms with E-state index in [-0.39, 0.29) is 11.9 Å². The van der Waals surface area contributed by atoms with E-state index in [0.29, 0.717) is 11.4 Å². The molecule has 1 atom stereocenters. The molecule has 3 N–H and O–H groups in total. The van der Waals surface area contributed by atoms with Crippen molar-refractivity contribution in [3.05, 3.63) is 40.3 Å². The molecule has 1 amide bonds. The van der Waals surface area contributed by atoms with Gasteiger partial charge in [0.05, 0.1) is 11.7 Å². The third kappa shape index (κ3) is 3.22. The second-order valence-corrected chi connectivity index (χ2v) is 5.75. The largest absolute Gasteiger partial charge is 0.397 e. The molecule has 0 bridgehead atoms. The SMILES string of the molecule is CCCC(NC(=O)c1cc(N)cn1CC)c1cccs1. The van der Waals surface area contributed by atoms with E-state index in [1.807, 2.05) is 22.9 Å². The molecule has 108 valence electrons. The summed E-state index contributed by atoms with van der Waals surface area (Å²) in [4.78, 5) is 13.6. The standard InChI is InChI=1S/C15H21N3OS/c1-3-6-12(14-7-5-8-20-14)17-15(19)13-9-11(16)10-18(13)4-2/h5,7-10,12H,3-4,6,16H2,1-2H3,(H,17,19). The molecule has 2 aromatic rings. The van der Waals surface area contributed by atoms with Crippen LogP contribution in [0.25, 0.3) is 0 Å². The van der Waals surface area contributed by atoms with Gasteiger partial charge in [0.1, 0.15) is 5.69 Å². The maximum Gasteiger partial charge on any atom is 0.268 e. The highest BCUT2D eigenvalue weighted by Gasteiger charge is 2.18. The summed E-state index contributed by atoms with van der Waals surface area (Å²) >= 11 is 1.68. The Kier molecular flexibility index (Phi) is 4.84. The van der Waals surface area contributed by atoms with Crippen molar-refractivity contribution < 1.29 is 4.79 Å². The van der Waals surface area contributed by atoms with Gasteiger partial charge in [-0.25, -0.2) is 0 Å². The Bertz CT molecular complexity index is 560. The van der Waals surface area contributed by atoms with Crippen molar-refractivity contribution in [1.82, 2.24) is 9.88 Å². The summed E-state index contributed by atoms with van der Waals surface area (Å²) < 4.78 is 1.88. The summed E-state index contributed by atoms with van der Waals surface area (Å²) in [6.07, 6.45) is 3.77. The van der Waals surface area contributed by atoms with Gasteiger partial charge < -0.3 is 15.6 Å². The number of thiophene rings is 1. The van der Waals surface area contributed by atoms with Gasteiger partial charge in [0.25, 0.3) is 5.91 Å². The Morgan fingerprint density at radius 2 is 2.30 bits per heavy atom. The quantitative estimate of drug-likeness (QED) is 0.856. The summed E-state index contributed by atoms with van der Waals surface area (Å²) in [5.41, 5.74) is 7.03. The molecule has 1 unspecified atom stereocenters. The van der Waals surface area contributed by atoms with Gasteiger partial charge in [-0.05, 0) is 30.9 Å². The monoisotopic (exact) mass is 291 g/mol. The number of rotatable bonds is 6. The summed E-state index contributed by atoms with van der Waals surface area (Å²) in [6.45, 7) is 4.86. The molecule has 0 aliphatic carbocycles. The fourth-order valence-corrected chi connectivity index (χ4v) is 3.09. The molecule has 0 saturated heterocycles. The Labute approximate surface area is 123 Å². The Morgan fingerprint density at radius 3 is 2.90 bits per heavy atom. The highest BCUT2D eigenvalue weighted by Crippen LogP contribution is 2.24. The third-order valence-electron chi connectivity index (χ3n) is 3.26. The maximum atomic E-state index is 12.4. The molecule has 0 fully saturated rings. The van der Waals surface area contributed by atoms with Crippen LogP contribution in [0, 0.1) is 0 Å². The minimum Gasteiger partial charge on any atom is -0.397 e. The average molecular weight is 291 g/mol. The van der Waals surface area contributed by atoms with Crippen LogP contribution >= 0.6 is 11.3 Å². The lowest BCUT2D eigenvalue weighted by molar-refractivity contribution is 0.0926. The maximum absolute atomic E-state index is 12.4. The number of carbonyl (C=O) groups is 1. The van der Waals surface area contributed by atoms with Crippen LogP contribution in [-0.2, 0) is 6.54 Å². The van der Waals surface area contributed by atoms with E-state index >= 15 is 0 Å². The highest BCUT2D eigenvalue weighted by molar-refractivity contribution is 7.10. The van der Waals surface area contributed by atoms with Gasteiger partial charge in [0.2, 0.25) is 0 Å². The molecule has 2 rings (SSSR count). The van der Waals surface area contributed by atoms with Crippen molar-refractivity contribution in [2.45, 2.75) is 39.3 Å². The predicted octanol–water partition coefficient (Wildman–Crippen LogP) is 3.42. The zero-order valence-electron chi connectivity index (χ0n) is 11.9. The molecular formula is C15H21N3OS. The second kappa shape index (κ2) is 6.61. The van der Waals surface area contributed by atoms with Crippen LogP contribution < -0.4 is 11.1 Å². The van der Waals surface area contributed by atoms with E-state index in [1.54, 1.807) is 23.6 Å². The molecule has 0 aliphatic heterocycles. The van der Waals surface area contributed by atoms with Gasteiger partial charge in [-0.3, -0.25) is 4.79 Å². The number of hydrogen-bond acceptors (Lipinski definition) is 3. The molecule has 0 spiro atoms. The van der Waals surface area contributed by atoms with Crippen LogP contribution in [0.2, 0.25) is 0 Å². The summed E-state index contributed by atoms with van der Waals surface area (Å²) in [7, 11) is 0. The van der Waals surface area contributed by atoms with Gasteiger partial charge in [-0.1, -0.05) is 19.4 Å². The fourth-order valence-electron chi connectivity index (χ4n) is 2.28. The van der Waals surface area contributed by atoms with Gasteiger partial charge in [0.15, 0.2) is 0 Å². The van der Waals surface area contributed by atoms with Crippen LogP contribution in [0.1, 0.15) is 48.1 Å². The number of anilines is 1. The minimum absolute atomic E-state index is 0.0598. The molecule has 5 heteroatoms. The first-order valence-electron chi connectivity index (χ1n) is 6.95. The number of nitrogen functional groups attached to an aromatic ring is 1. The first-order valence-corrected chi connectivity index (χ1v) is 7.83. The number of nitrogens with zero attached hydrogens (tertiary/aromatic N) is 1. The number of amides is 1. The smallest absolute Gasteiger partial charge is 0.268 e. The van der Waals surface area contributed by atoms with Gasteiger partial charge >= 0.3 is 0 Å². The van der Waals surface area contributed by atoms with E-state index in [0.717, 1.165) is 19.4 Å². The lowest BCUT2D eigenvalue weighted by atomic mass is 10.1. The van der Waals surface area contributed by atoms with E-state index in [4.69, 9.17) is 5.73 Å². The minimum atomic E-state index is -0.0598. The summed E-state index contributed by atoms with van der Waals surface area (Å²) in [5.74, 6) is -0.0598. The summed E-state index contributed by atoms with van der Waals surface area (Å²) in [5, 5.41) is 5.16. The van der Waals surface area contributed by atoms with E-state index in [1.165, 1.54) is 4.88 Å². The van der Waals surface area contributed by atoms with Gasteiger partial charge in [-0.2, -0.15) is 0 Å². The molecule has 0 radical (unpaired) electrons. The zero-order chi connectivity index (χ0) is 14.5. The summed E-state index contributed by atoms with van der Waals surface area (Å²) in [6, 6.07) is 5.89. The number of aryl methyl sites for hydroxylation is 1. The number of hydrogen-bond donors (Lipinski definition) is 2. The fraction of sp³-hybridized carbons (Fsp3) is 0.400. The van der Waals surface area contributed by atoms with Crippen LogP contribution in [0.5, 0.6) is 0 Å². The molecular weight excluding hydrogens is 270 g/mol. The van der Waals surface area contributed by atoms with Crippen LogP contribution in [0.15, 0.2) is 29.8 Å². The number of aromatic nitrogens is 1. The Morgan fingerprint density at radius 1 is 1.50 bits per heavy atom. The lowest BCUT2D eigenvalue weighted by Gasteiger charge is -2.17. The number of nitrogens with one attached hydrogen (secondary N) is 1. The van der Waals surface area contributed by atoms with Crippen molar-refractivity contribution in [2.24, 2.45) is 0 Å². The van der Waals surface area contributed by atoms with Crippen molar-refractivity contribution >= 4 is 22.9 Å². The van der Waals surface area contributed by atoms with E-state index < -0.39 is 0 Å². The van der Waals surface area contributed by atoms with Crippen LogP contribution in [-0.4, -0.2) is 10.5 Å². The third-order valence-corrected chi connectivity index (χ3v) is 4.25. The average Bonchev–Trinajstić information content (AvgIpc) is 3.06. The zero-order valence-corrected chi connectivity index (χ0v) is 12.7. The van der Waals surface area contributed by atoms with E-state index in [2.05, 4.69) is 18.3 Å². The molecule has 0 aliphatic rings. The molecule has 4 nitrogen and oxygen atoms in total. The highest BCUT2D eigenvalue weighted by atomic mass is 32.1. The lowest BCUT2D eigenvalue weighted by Crippen LogP contribution is -2.29. The molecule has 2 heterocycles. The Hall–Kier alpha value is -1.75. The van der Waals surface area contributed by atoms with Gasteiger partial charge in [0, 0.05) is 17.6 Å². The van der Waals surface area contributed by atoms with Gasteiger partial charge in [-0.15, -0.1) is 11.3 Å². The first kappa shape index (κ1) is 14.7. The van der Waals surface area contributed by atoms with Crippen molar-refractivity contribution in [3.63, 3.8) is 0 Å². The molecule has 0 saturated carbocycles. The normalized spacial score (nSPS) is 12.3. The van der Waals surface area contributed by atoms with Crippen LogP contribution in [0.4, 0.5) is 5.69 Å². The van der Waals surface area contributed by atoms with Crippen molar-refractivity contribution in [2.75, 3.05) is 5.73 Å². The topological polar surface area (TPSA) is 60.1 Å². The van der Waals surface area contributed by atoms with Crippen molar-refractivity contribution in [1.29, 1.82) is 0 Å².